The van der Waals surface area contributed by atoms with Crippen molar-refractivity contribution in [3.63, 3.8) is 0 Å². The maximum atomic E-state index is 12.4. The fourth-order valence-electron chi connectivity index (χ4n) is 2.95. The second-order valence-corrected chi connectivity index (χ2v) is 7.18. The fourth-order valence-corrected chi connectivity index (χ4v) is 3.36. The summed E-state index contributed by atoms with van der Waals surface area (Å²) >= 11 is 3.34. The molecule has 0 radical (unpaired) electrons. The van der Waals surface area contributed by atoms with E-state index in [-0.39, 0.29) is 25.2 Å². The number of benzene rings is 2. The van der Waals surface area contributed by atoms with Crippen LogP contribution >= 0.6 is 15.9 Å². The Morgan fingerprint density at radius 2 is 2.11 bits per heavy atom. The molecule has 1 amide bonds. The Labute approximate surface area is 166 Å². The van der Waals surface area contributed by atoms with Crippen molar-refractivity contribution >= 4 is 27.5 Å². The lowest BCUT2D eigenvalue weighted by Crippen LogP contribution is -2.21. The van der Waals surface area contributed by atoms with Crippen LogP contribution in [0.2, 0.25) is 0 Å². The molecule has 144 valence electrons. The van der Waals surface area contributed by atoms with Crippen LogP contribution in [0.3, 0.4) is 0 Å². The van der Waals surface area contributed by atoms with Crippen molar-refractivity contribution in [1.82, 2.24) is 0 Å². The van der Waals surface area contributed by atoms with Gasteiger partial charge < -0.3 is 24.6 Å². The second-order valence-electron chi connectivity index (χ2n) is 6.27. The zero-order valence-corrected chi connectivity index (χ0v) is 16.8. The molecule has 0 aliphatic carbocycles. The Kier molecular flexibility index (Phi) is 6.23. The van der Waals surface area contributed by atoms with Crippen LogP contribution in [0.5, 0.6) is 17.2 Å². The monoisotopic (exact) mass is 435 g/mol. The van der Waals surface area contributed by atoms with Gasteiger partial charge in [0.15, 0.2) is 6.61 Å². The third kappa shape index (κ3) is 4.73. The second kappa shape index (κ2) is 8.63. The molecule has 1 heterocycles. The third-order valence-corrected chi connectivity index (χ3v) is 4.62. The zero-order valence-electron chi connectivity index (χ0n) is 15.3. The van der Waals surface area contributed by atoms with Crippen LogP contribution in [0.1, 0.15) is 25.0 Å². The Bertz CT molecular complexity index is 839. The summed E-state index contributed by atoms with van der Waals surface area (Å²) in [6.45, 7) is 4.03. The van der Waals surface area contributed by atoms with E-state index in [4.69, 9.17) is 14.2 Å². The molecule has 0 saturated carbocycles. The first-order chi connectivity index (χ1) is 13.0. The number of hydrogen-bond acceptors (Lipinski definition) is 5. The van der Waals surface area contributed by atoms with Gasteiger partial charge in [0.25, 0.3) is 5.91 Å². The average molecular weight is 436 g/mol. The van der Waals surface area contributed by atoms with Crippen LogP contribution in [0.4, 0.5) is 5.69 Å². The lowest BCUT2D eigenvalue weighted by molar-refractivity contribution is -0.118. The van der Waals surface area contributed by atoms with Crippen molar-refractivity contribution in [1.29, 1.82) is 0 Å². The van der Waals surface area contributed by atoms with Crippen molar-refractivity contribution < 1.29 is 24.1 Å². The molecule has 0 fully saturated rings. The van der Waals surface area contributed by atoms with E-state index in [9.17, 15) is 9.90 Å². The summed E-state index contributed by atoms with van der Waals surface area (Å²) in [6.07, 6.45) is 0.929. The number of ether oxygens (including phenoxy) is 3. The van der Waals surface area contributed by atoms with Gasteiger partial charge >= 0.3 is 0 Å². The van der Waals surface area contributed by atoms with Crippen molar-refractivity contribution in [2.45, 2.75) is 33.0 Å². The molecule has 0 saturated heterocycles. The first-order valence-corrected chi connectivity index (χ1v) is 9.57. The van der Waals surface area contributed by atoms with E-state index in [1.54, 1.807) is 24.3 Å². The highest BCUT2D eigenvalue weighted by Crippen LogP contribution is 2.38. The minimum absolute atomic E-state index is 0.109. The number of carbonyl (C=O) groups excluding carboxylic acids is 1. The summed E-state index contributed by atoms with van der Waals surface area (Å²) in [5.41, 5.74) is 2.23. The maximum Gasteiger partial charge on any atom is 0.262 e. The van der Waals surface area contributed by atoms with E-state index in [0.29, 0.717) is 29.4 Å². The number of carbonyl (C=O) groups is 1. The van der Waals surface area contributed by atoms with E-state index in [2.05, 4.69) is 21.2 Å². The Morgan fingerprint density at radius 3 is 2.85 bits per heavy atom. The molecule has 27 heavy (non-hydrogen) atoms. The van der Waals surface area contributed by atoms with Gasteiger partial charge in [-0.3, -0.25) is 4.79 Å². The quantitative estimate of drug-likeness (QED) is 0.693. The van der Waals surface area contributed by atoms with Gasteiger partial charge in [-0.1, -0.05) is 15.9 Å². The molecule has 6 nitrogen and oxygen atoms in total. The fraction of sp³-hybridized carbons (Fsp3) is 0.350. The topological polar surface area (TPSA) is 77.0 Å². The number of fused-ring (bicyclic) bond motifs is 1. The van der Waals surface area contributed by atoms with Crippen LogP contribution in [0, 0.1) is 0 Å². The van der Waals surface area contributed by atoms with E-state index < -0.39 is 0 Å². The molecule has 7 heteroatoms. The Hall–Kier alpha value is -2.25. The Morgan fingerprint density at radius 1 is 1.30 bits per heavy atom. The number of amides is 1. The van der Waals surface area contributed by atoms with Gasteiger partial charge in [-0.25, -0.2) is 0 Å². The molecule has 2 N–H and O–H groups in total. The average Bonchev–Trinajstić information content (AvgIpc) is 2.99. The molecule has 0 aromatic heterocycles. The lowest BCUT2D eigenvalue weighted by atomic mass is 10.1. The van der Waals surface area contributed by atoms with Crippen LogP contribution in [0.25, 0.3) is 0 Å². The molecule has 2 aromatic carbocycles. The van der Waals surface area contributed by atoms with Gasteiger partial charge in [0.1, 0.15) is 23.4 Å². The number of anilines is 1. The number of rotatable bonds is 7. The van der Waals surface area contributed by atoms with Crippen LogP contribution in [0.15, 0.2) is 34.8 Å². The lowest BCUT2D eigenvalue weighted by Gasteiger charge is -2.14. The first-order valence-electron chi connectivity index (χ1n) is 8.78. The largest absolute Gasteiger partial charge is 0.492 e. The van der Waals surface area contributed by atoms with E-state index >= 15 is 0 Å². The van der Waals surface area contributed by atoms with Crippen LogP contribution in [-0.4, -0.2) is 30.3 Å². The van der Waals surface area contributed by atoms with Crippen molar-refractivity contribution in [2.75, 3.05) is 18.5 Å². The standard InChI is InChI=1S/C20H22BrNO5/c1-3-25-19-8-13-6-12(2)27-18(13)9-16(19)22-20(24)11-26-17-5-4-15(21)7-14(17)10-23/h4-5,7-9,12,23H,3,6,10-11H2,1-2H3,(H,22,24). The smallest absolute Gasteiger partial charge is 0.262 e. The van der Waals surface area contributed by atoms with E-state index in [0.717, 1.165) is 22.2 Å². The molecule has 3 rings (SSSR count). The number of nitrogens with one attached hydrogen (secondary N) is 1. The molecular weight excluding hydrogens is 414 g/mol. The van der Waals surface area contributed by atoms with Gasteiger partial charge in [0.05, 0.1) is 18.9 Å². The number of halogens is 1. The van der Waals surface area contributed by atoms with Gasteiger partial charge in [0, 0.05) is 28.1 Å². The molecule has 0 spiro atoms. The summed E-state index contributed by atoms with van der Waals surface area (Å²) in [6, 6.07) is 8.95. The van der Waals surface area contributed by atoms with Gasteiger partial charge in [-0.15, -0.1) is 0 Å². The number of aliphatic hydroxyl groups is 1. The van der Waals surface area contributed by atoms with E-state index in [1.165, 1.54) is 0 Å². The first kappa shape index (κ1) is 19.5. The summed E-state index contributed by atoms with van der Waals surface area (Å²) in [5, 5.41) is 12.2. The SMILES string of the molecule is CCOc1cc2c(cc1NC(=O)COc1ccc(Br)cc1CO)OC(C)C2. The van der Waals surface area contributed by atoms with Gasteiger partial charge in [-0.05, 0) is 38.1 Å². The molecule has 2 aromatic rings. The number of aliphatic hydroxyl groups excluding tert-OH is 1. The van der Waals surface area contributed by atoms with Gasteiger partial charge in [-0.2, -0.15) is 0 Å². The highest BCUT2D eigenvalue weighted by molar-refractivity contribution is 9.10. The Balaban J connectivity index is 1.70. The zero-order chi connectivity index (χ0) is 19.4. The number of hydrogen-bond donors (Lipinski definition) is 2. The van der Waals surface area contributed by atoms with E-state index in [1.807, 2.05) is 19.9 Å². The highest BCUT2D eigenvalue weighted by atomic mass is 79.9. The van der Waals surface area contributed by atoms with Crippen LogP contribution < -0.4 is 19.5 Å². The van der Waals surface area contributed by atoms with Crippen molar-refractivity contribution in [3.05, 3.63) is 45.9 Å². The summed E-state index contributed by atoms with van der Waals surface area (Å²) in [5.74, 6) is 1.51. The molecule has 0 bridgehead atoms. The van der Waals surface area contributed by atoms with Crippen LogP contribution in [-0.2, 0) is 17.8 Å². The predicted molar refractivity (Wildman–Crippen MR) is 106 cm³/mol. The normalized spacial score (nSPS) is 15.0. The predicted octanol–water partition coefficient (Wildman–Crippen LogP) is 3.68. The van der Waals surface area contributed by atoms with Gasteiger partial charge in [0.2, 0.25) is 0 Å². The maximum absolute atomic E-state index is 12.4. The van der Waals surface area contributed by atoms with Crippen molar-refractivity contribution in [3.8, 4) is 17.2 Å². The van der Waals surface area contributed by atoms with Crippen molar-refractivity contribution in [2.24, 2.45) is 0 Å². The molecule has 1 aliphatic rings. The summed E-state index contributed by atoms with van der Waals surface area (Å²) < 4.78 is 17.8. The molecule has 1 unspecified atom stereocenters. The molecular formula is C20H22BrNO5. The minimum Gasteiger partial charge on any atom is -0.492 e. The minimum atomic E-state index is -0.325. The highest BCUT2D eigenvalue weighted by Gasteiger charge is 2.22. The third-order valence-electron chi connectivity index (χ3n) is 4.12. The summed E-state index contributed by atoms with van der Waals surface area (Å²) in [7, 11) is 0. The molecule has 1 atom stereocenters. The molecule has 1 aliphatic heterocycles. The summed E-state index contributed by atoms with van der Waals surface area (Å²) in [4.78, 5) is 12.4.